The van der Waals surface area contributed by atoms with E-state index in [9.17, 15) is 0 Å². The van der Waals surface area contributed by atoms with Crippen molar-refractivity contribution in [3.05, 3.63) is 29.4 Å². The fourth-order valence-corrected chi connectivity index (χ4v) is 1.67. The van der Waals surface area contributed by atoms with E-state index in [2.05, 4.69) is 29.0 Å². The molecule has 9 heavy (non-hydrogen) atoms. The Labute approximate surface area is 57.6 Å². The third-order valence-electron chi connectivity index (χ3n) is 1.27. The predicted molar refractivity (Wildman–Crippen MR) is 38.8 cm³/mol. The van der Waals surface area contributed by atoms with Crippen molar-refractivity contribution in [3.8, 4) is 0 Å². The lowest BCUT2D eigenvalue weighted by Crippen LogP contribution is -1.66. The highest BCUT2D eigenvalue weighted by Gasteiger charge is 1.93. The van der Waals surface area contributed by atoms with Crippen LogP contribution in [0.3, 0.4) is 0 Å². The van der Waals surface area contributed by atoms with Crippen molar-refractivity contribution >= 4 is 16.2 Å². The van der Waals surface area contributed by atoms with Crippen molar-refractivity contribution in [2.75, 3.05) is 0 Å². The minimum Gasteiger partial charge on any atom is -0.314 e. The molecule has 2 rings (SSSR count). The van der Waals surface area contributed by atoms with E-state index in [1.165, 1.54) is 10.4 Å². The number of hydrogen-bond acceptors (Lipinski definition) is 1. The first-order valence-corrected chi connectivity index (χ1v) is 3.68. The Morgan fingerprint density at radius 1 is 1.67 bits per heavy atom. The van der Waals surface area contributed by atoms with E-state index in [4.69, 9.17) is 0 Å². The summed E-state index contributed by atoms with van der Waals surface area (Å²) in [5.41, 5.74) is 1.21. The summed E-state index contributed by atoms with van der Waals surface area (Å²) >= 11 is 1.72. The zero-order valence-electron chi connectivity index (χ0n) is 5.09. The maximum absolute atomic E-state index is 3.22. The number of aryl methyl sites for hydroxylation is 1. The molecular formula is C7H6NS. The number of thiazole rings is 1. The van der Waals surface area contributed by atoms with Gasteiger partial charge in [0.25, 0.3) is 0 Å². The molecule has 0 aromatic carbocycles. The van der Waals surface area contributed by atoms with E-state index in [-0.39, 0.29) is 0 Å². The normalized spacial score (nSPS) is 10.8. The average molecular weight is 136 g/mol. The van der Waals surface area contributed by atoms with E-state index < -0.39 is 0 Å². The number of rotatable bonds is 0. The van der Waals surface area contributed by atoms with Crippen LogP contribution < -0.4 is 0 Å². The quantitative estimate of drug-likeness (QED) is 0.522. The van der Waals surface area contributed by atoms with Crippen LogP contribution in [0.2, 0.25) is 0 Å². The van der Waals surface area contributed by atoms with Gasteiger partial charge in [0.05, 0.1) is 0 Å². The van der Waals surface area contributed by atoms with Gasteiger partial charge in [-0.3, -0.25) is 0 Å². The lowest BCUT2D eigenvalue weighted by atomic mass is 10.4. The van der Waals surface area contributed by atoms with Gasteiger partial charge >= 0.3 is 0 Å². The smallest absolute Gasteiger partial charge is 0.107 e. The van der Waals surface area contributed by atoms with Crippen LogP contribution in [-0.4, -0.2) is 4.40 Å². The highest BCUT2D eigenvalue weighted by molar-refractivity contribution is 7.15. The molecule has 45 valence electrons. The van der Waals surface area contributed by atoms with Crippen LogP contribution in [0.15, 0.2) is 17.8 Å². The number of hydrogen-bond donors (Lipinski definition) is 0. The SMILES string of the molecule is Cc1[c]c2sccn2c1. The van der Waals surface area contributed by atoms with Gasteiger partial charge in [-0.25, -0.2) is 0 Å². The monoisotopic (exact) mass is 136 g/mol. The van der Waals surface area contributed by atoms with Crippen molar-refractivity contribution in [3.63, 3.8) is 0 Å². The molecule has 0 unspecified atom stereocenters. The third kappa shape index (κ3) is 0.669. The first-order chi connectivity index (χ1) is 4.36. The molecule has 0 saturated carbocycles. The summed E-state index contributed by atoms with van der Waals surface area (Å²) in [5.74, 6) is 0. The predicted octanol–water partition coefficient (Wildman–Crippen LogP) is 2.11. The van der Waals surface area contributed by atoms with Gasteiger partial charge in [0, 0.05) is 23.8 Å². The van der Waals surface area contributed by atoms with Crippen LogP contribution in [0.25, 0.3) is 4.83 Å². The summed E-state index contributed by atoms with van der Waals surface area (Å²) in [6, 6.07) is 3.22. The van der Waals surface area contributed by atoms with Crippen LogP contribution in [0.5, 0.6) is 0 Å². The van der Waals surface area contributed by atoms with Crippen molar-refractivity contribution in [1.82, 2.24) is 4.40 Å². The van der Waals surface area contributed by atoms with E-state index >= 15 is 0 Å². The van der Waals surface area contributed by atoms with Crippen molar-refractivity contribution < 1.29 is 0 Å². The largest absolute Gasteiger partial charge is 0.314 e. The van der Waals surface area contributed by atoms with Crippen LogP contribution in [0, 0.1) is 13.0 Å². The van der Waals surface area contributed by atoms with Gasteiger partial charge < -0.3 is 4.40 Å². The van der Waals surface area contributed by atoms with Gasteiger partial charge in [-0.2, -0.15) is 0 Å². The van der Waals surface area contributed by atoms with Gasteiger partial charge in [0.1, 0.15) is 4.83 Å². The first-order valence-electron chi connectivity index (χ1n) is 2.80. The third-order valence-corrected chi connectivity index (χ3v) is 2.07. The summed E-state index contributed by atoms with van der Waals surface area (Å²) in [6.45, 7) is 2.06. The zero-order chi connectivity index (χ0) is 6.27. The lowest BCUT2D eigenvalue weighted by Gasteiger charge is -1.75. The molecule has 0 spiro atoms. The second-order valence-electron chi connectivity index (χ2n) is 2.05. The first kappa shape index (κ1) is 5.06. The molecule has 2 heteroatoms. The maximum Gasteiger partial charge on any atom is 0.107 e. The summed E-state index contributed by atoms with van der Waals surface area (Å²) in [4.78, 5) is 1.20. The molecule has 0 saturated heterocycles. The van der Waals surface area contributed by atoms with Crippen molar-refractivity contribution in [1.29, 1.82) is 0 Å². The Hall–Kier alpha value is -0.760. The molecule has 0 aliphatic rings. The molecule has 0 aliphatic heterocycles. The Balaban J connectivity index is 2.92. The van der Waals surface area contributed by atoms with Crippen LogP contribution >= 0.6 is 11.3 Å². The number of nitrogens with zero attached hydrogens (tertiary/aromatic N) is 1. The molecule has 0 N–H and O–H groups in total. The summed E-state index contributed by atoms with van der Waals surface area (Å²) in [5, 5.41) is 2.06. The Kier molecular flexibility index (Phi) is 0.904. The average Bonchev–Trinajstić information content (AvgIpc) is 2.22. The minimum absolute atomic E-state index is 1.20. The van der Waals surface area contributed by atoms with Gasteiger partial charge in [-0.05, 0) is 12.5 Å². The minimum atomic E-state index is 1.20. The fraction of sp³-hybridized carbons (Fsp3) is 0.143. The van der Waals surface area contributed by atoms with Crippen LogP contribution in [0.1, 0.15) is 5.56 Å². The van der Waals surface area contributed by atoms with Crippen molar-refractivity contribution in [2.45, 2.75) is 6.92 Å². The molecule has 1 nitrogen and oxygen atoms in total. The highest BCUT2D eigenvalue weighted by Crippen LogP contribution is 2.13. The van der Waals surface area contributed by atoms with Crippen LogP contribution in [-0.2, 0) is 0 Å². The standard InChI is InChI=1S/C7H6NS/c1-6-4-7-8(5-6)2-3-9-7/h2-3,5H,1H3. The summed E-state index contributed by atoms with van der Waals surface area (Å²) in [6.07, 6.45) is 4.12. The van der Waals surface area contributed by atoms with Gasteiger partial charge in [0.2, 0.25) is 0 Å². The van der Waals surface area contributed by atoms with E-state index in [0.717, 1.165) is 0 Å². The fourth-order valence-electron chi connectivity index (χ4n) is 0.894. The highest BCUT2D eigenvalue weighted by atomic mass is 32.1. The van der Waals surface area contributed by atoms with E-state index in [0.29, 0.717) is 0 Å². The Bertz CT molecular complexity index is 290. The molecule has 2 aromatic rings. The van der Waals surface area contributed by atoms with Gasteiger partial charge in [0.15, 0.2) is 0 Å². The maximum atomic E-state index is 3.22. The molecule has 0 fully saturated rings. The number of fused-ring (bicyclic) bond motifs is 1. The Morgan fingerprint density at radius 2 is 2.56 bits per heavy atom. The van der Waals surface area contributed by atoms with E-state index in [1.54, 1.807) is 11.3 Å². The van der Waals surface area contributed by atoms with Gasteiger partial charge in [-0.15, -0.1) is 11.3 Å². The molecule has 0 bridgehead atoms. The molecule has 0 aliphatic carbocycles. The Morgan fingerprint density at radius 3 is 3.33 bits per heavy atom. The molecule has 0 atom stereocenters. The van der Waals surface area contributed by atoms with Crippen molar-refractivity contribution in [2.24, 2.45) is 0 Å². The van der Waals surface area contributed by atoms with Gasteiger partial charge in [-0.1, -0.05) is 0 Å². The molecular weight excluding hydrogens is 130 g/mol. The number of aromatic nitrogens is 1. The summed E-state index contributed by atoms with van der Waals surface area (Å²) in [7, 11) is 0. The van der Waals surface area contributed by atoms with E-state index in [1.807, 2.05) is 6.20 Å². The second-order valence-corrected chi connectivity index (χ2v) is 2.95. The summed E-state index contributed by atoms with van der Waals surface area (Å²) < 4.78 is 2.08. The van der Waals surface area contributed by atoms with Crippen LogP contribution in [0.4, 0.5) is 0 Å². The lowest BCUT2D eigenvalue weighted by molar-refractivity contribution is 1.22. The molecule has 2 heterocycles. The second kappa shape index (κ2) is 1.61. The zero-order valence-corrected chi connectivity index (χ0v) is 5.90. The molecule has 2 aromatic heterocycles. The topological polar surface area (TPSA) is 4.41 Å². The molecule has 1 radical (unpaired) electrons. The molecule has 0 amide bonds.